The summed E-state index contributed by atoms with van der Waals surface area (Å²) < 4.78 is 0. The van der Waals surface area contributed by atoms with Crippen LogP contribution in [0.2, 0.25) is 0 Å². The van der Waals surface area contributed by atoms with Gasteiger partial charge in [-0.2, -0.15) is 0 Å². The van der Waals surface area contributed by atoms with Crippen LogP contribution in [-0.4, -0.2) is 13.1 Å². The Labute approximate surface area is 98.6 Å². The van der Waals surface area contributed by atoms with E-state index < -0.39 is 0 Å². The number of allylic oxidation sites excluding steroid dienone is 1. The summed E-state index contributed by atoms with van der Waals surface area (Å²) in [4.78, 5) is 0. The van der Waals surface area contributed by atoms with Crippen LogP contribution < -0.4 is 11.1 Å². The van der Waals surface area contributed by atoms with Crippen molar-refractivity contribution in [2.24, 2.45) is 5.73 Å². The fourth-order valence-electron chi connectivity index (χ4n) is 1.64. The van der Waals surface area contributed by atoms with E-state index in [9.17, 15) is 0 Å². The van der Waals surface area contributed by atoms with Crippen LogP contribution in [0.1, 0.15) is 30.5 Å². The van der Waals surface area contributed by atoms with Crippen molar-refractivity contribution in [2.45, 2.75) is 26.3 Å². The van der Waals surface area contributed by atoms with Gasteiger partial charge in [-0.3, -0.25) is 0 Å². The molecule has 0 spiro atoms. The zero-order chi connectivity index (χ0) is 11.8. The molecule has 88 valence electrons. The summed E-state index contributed by atoms with van der Waals surface area (Å²) in [5, 5.41) is 3.46. The Balaban J connectivity index is 2.50. The number of rotatable bonds is 6. The Morgan fingerprint density at radius 1 is 1.31 bits per heavy atom. The number of hydrogen-bond acceptors (Lipinski definition) is 2. The highest BCUT2D eigenvalue weighted by atomic mass is 14.9. The predicted molar refractivity (Wildman–Crippen MR) is 70.4 cm³/mol. The molecule has 2 nitrogen and oxygen atoms in total. The zero-order valence-electron chi connectivity index (χ0n) is 10.2. The minimum absolute atomic E-state index is 0.269. The van der Waals surface area contributed by atoms with Crippen LogP contribution in [0, 0.1) is 6.92 Å². The van der Waals surface area contributed by atoms with Gasteiger partial charge in [-0.1, -0.05) is 42.0 Å². The van der Waals surface area contributed by atoms with Crippen molar-refractivity contribution in [1.29, 1.82) is 0 Å². The lowest BCUT2D eigenvalue weighted by Gasteiger charge is -2.17. The van der Waals surface area contributed by atoms with Crippen molar-refractivity contribution in [1.82, 2.24) is 5.32 Å². The Kier molecular flexibility index (Phi) is 5.83. The van der Waals surface area contributed by atoms with Gasteiger partial charge >= 0.3 is 0 Å². The van der Waals surface area contributed by atoms with E-state index in [0.717, 1.165) is 13.0 Å². The fraction of sp³-hybridized carbons (Fsp3) is 0.429. The third-order valence-electron chi connectivity index (χ3n) is 2.65. The Morgan fingerprint density at radius 2 is 2.00 bits per heavy atom. The third kappa shape index (κ3) is 4.17. The van der Waals surface area contributed by atoms with Gasteiger partial charge in [0.05, 0.1) is 0 Å². The quantitative estimate of drug-likeness (QED) is 0.569. The van der Waals surface area contributed by atoms with E-state index in [1.807, 2.05) is 6.92 Å². The van der Waals surface area contributed by atoms with Gasteiger partial charge in [-0.25, -0.2) is 0 Å². The van der Waals surface area contributed by atoms with Crippen molar-refractivity contribution < 1.29 is 0 Å². The van der Waals surface area contributed by atoms with E-state index in [4.69, 9.17) is 5.73 Å². The molecule has 0 saturated carbocycles. The van der Waals surface area contributed by atoms with Gasteiger partial charge in [-0.15, -0.1) is 0 Å². The van der Waals surface area contributed by atoms with Crippen LogP contribution >= 0.6 is 0 Å². The highest BCUT2D eigenvalue weighted by molar-refractivity contribution is 5.24. The first-order valence-electron chi connectivity index (χ1n) is 5.89. The molecule has 1 rings (SSSR count). The van der Waals surface area contributed by atoms with E-state index >= 15 is 0 Å². The monoisotopic (exact) mass is 218 g/mol. The van der Waals surface area contributed by atoms with Gasteiger partial charge in [0.25, 0.3) is 0 Å². The second-order valence-corrected chi connectivity index (χ2v) is 4.01. The molecule has 1 atom stereocenters. The number of benzene rings is 1. The van der Waals surface area contributed by atoms with Crippen molar-refractivity contribution >= 4 is 0 Å². The lowest BCUT2D eigenvalue weighted by atomic mass is 10.1. The third-order valence-corrected chi connectivity index (χ3v) is 2.65. The predicted octanol–water partition coefficient (Wildman–Crippen LogP) is 2.55. The molecule has 0 aromatic heterocycles. The molecule has 0 fully saturated rings. The molecule has 0 amide bonds. The second-order valence-electron chi connectivity index (χ2n) is 4.01. The van der Waals surface area contributed by atoms with E-state index in [1.165, 1.54) is 11.1 Å². The molecule has 0 aliphatic carbocycles. The maximum Gasteiger partial charge on any atom is 0.0444 e. The summed E-state index contributed by atoms with van der Waals surface area (Å²) in [6, 6.07) is 8.83. The molecule has 1 aromatic carbocycles. The number of hydrogen-bond donors (Lipinski definition) is 2. The van der Waals surface area contributed by atoms with Crippen LogP contribution in [0.25, 0.3) is 0 Å². The molecule has 1 unspecified atom stereocenters. The van der Waals surface area contributed by atoms with Gasteiger partial charge in [0, 0.05) is 12.6 Å². The van der Waals surface area contributed by atoms with Gasteiger partial charge in [0.15, 0.2) is 0 Å². The summed E-state index contributed by atoms with van der Waals surface area (Å²) in [6.45, 7) is 5.75. The molecule has 3 N–H and O–H groups in total. The first-order chi connectivity index (χ1) is 7.77. The Bertz CT molecular complexity index is 314. The molecule has 0 bridgehead atoms. The highest BCUT2D eigenvalue weighted by Crippen LogP contribution is 2.12. The summed E-state index contributed by atoms with van der Waals surface area (Å²) in [5.41, 5.74) is 8.33. The zero-order valence-corrected chi connectivity index (χ0v) is 10.2. The molecular formula is C14H22N2. The first kappa shape index (κ1) is 12.9. The van der Waals surface area contributed by atoms with Crippen LogP contribution in [-0.2, 0) is 0 Å². The standard InChI is InChI=1S/C14H22N2/c1-3-4-5-10-16-14(11-15)13-8-6-12(2)7-9-13/h3-4,6-9,14,16H,5,10-11,15H2,1-2H3/b4-3+. The van der Waals surface area contributed by atoms with Crippen LogP contribution in [0.5, 0.6) is 0 Å². The number of nitrogens with one attached hydrogen (secondary N) is 1. The first-order valence-corrected chi connectivity index (χ1v) is 5.89. The van der Waals surface area contributed by atoms with E-state index in [0.29, 0.717) is 6.54 Å². The van der Waals surface area contributed by atoms with Crippen LogP contribution in [0.3, 0.4) is 0 Å². The molecule has 0 heterocycles. The Hall–Kier alpha value is -1.12. The smallest absolute Gasteiger partial charge is 0.0444 e. The van der Waals surface area contributed by atoms with Gasteiger partial charge in [-0.05, 0) is 32.4 Å². The normalized spacial score (nSPS) is 13.2. The maximum absolute atomic E-state index is 5.78. The lowest BCUT2D eigenvalue weighted by molar-refractivity contribution is 0.548. The average molecular weight is 218 g/mol. The molecule has 16 heavy (non-hydrogen) atoms. The molecule has 2 heteroatoms. The number of aryl methyl sites for hydroxylation is 1. The summed E-state index contributed by atoms with van der Waals surface area (Å²) in [6.07, 6.45) is 5.29. The molecule has 0 aliphatic heterocycles. The fourth-order valence-corrected chi connectivity index (χ4v) is 1.64. The summed E-state index contributed by atoms with van der Waals surface area (Å²) in [5.74, 6) is 0. The van der Waals surface area contributed by atoms with Crippen molar-refractivity contribution in [3.8, 4) is 0 Å². The Morgan fingerprint density at radius 3 is 2.56 bits per heavy atom. The highest BCUT2D eigenvalue weighted by Gasteiger charge is 2.07. The molecule has 0 aliphatic rings. The SMILES string of the molecule is C/C=C/CCNC(CN)c1ccc(C)cc1. The van der Waals surface area contributed by atoms with Crippen molar-refractivity contribution in [2.75, 3.05) is 13.1 Å². The average Bonchev–Trinajstić information content (AvgIpc) is 2.31. The van der Waals surface area contributed by atoms with E-state index in [-0.39, 0.29) is 6.04 Å². The summed E-state index contributed by atoms with van der Waals surface area (Å²) >= 11 is 0. The summed E-state index contributed by atoms with van der Waals surface area (Å²) in [7, 11) is 0. The molecular weight excluding hydrogens is 196 g/mol. The van der Waals surface area contributed by atoms with Gasteiger partial charge in [0.1, 0.15) is 0 Å². The topological polar surface area (TPSA) is 38.0 Å². The molecule has 0 radical (unpaired) electrons. The van der Waals surface area contributed by atoms with Gasteiger partial charge in [0.2, 0.25) is 0 Å². The van der Waals surface area contributed by atoms with Gasteiger partial charge < -0.3 is 11.1 Å². The largest absolute Gasteiger partial charge is 0.329 e. The molecule has 1 aromatic rings. The van der Waals surface area contributed by atoms with E-state index in [2.05, 4.69) is 48.7 Å². The van der Waals surface area contributed by atoms with E-state index in [1.54, 1.807) is 0 Å². The molecule has 0 saturated heterocycles. The number of nitrogens with two attached hydrogens (primary N) is 1. The van der Waals surface area contributed by atoms with Crippen molar-refractivity contribution in [3.05, 3.63) is 47.5 Å². The minimum Gasteiger partial charge on any atom is -0.329 e. The van der Waals surface area contributed by atoms with Crippen molar-refractivity contribution in [3.63, 3.8) is 0 Å². The second kappa shape index (κ2) is 7.20. The van der Waals surface area contributed by atoms with Crippen LogP contribution in [0.15, 0.2) is 36.4 Å². The maximum atomic E-state index is 5.78. The minimum atomic E-state index is 0.269. The lowest BCUT2D eigenvalue weighted by Crippen LogP contribution is -2.28. The van der Waals surface area contributed by atoms with Crippen LogP contribution in [0.4, 0.5) is 0 Å².